The Morgan fingerprint density at radius 2 is 2.11 bits per heavy atom. The third-order valence-electron chi connectivity index (χ3n) is 3.25. The van der Waals surface area contributed by atoms with Gasteiger partial charge in [-0.2, -0.15) is 0 Å². The number of nitrogens with zero attached hydrogens (tertiary/aromatic N) is 3. The van der Waals surface area contributed by atoms with Crippen LogP contribution >= 0.6 is 0 Å². The molecule has 0 unspecified atom stereocenters. The second-order valence-corrected chi connectivity index (χ2v) is 4.43. The lowest BCUT2D eigenvalue weighted by Gasteiger charge is -2.21. The van der Waals surface area contributed by atoms with E-state index in [4.69, 9.17) is 4.74 Å². The average molecular weight is 247 g/mol. The first-order chi connectivity index (χ1) is 8.84. The highest BCUT2D eigenvalue weighted by Gasteiger charge is 2.21. The molecule has 0 bridgehead atoms. The number of benzene rings is 1. The van der Waals surface area contributed by atoms with E-state index < -0.39 is 0 Å². The second-order valence-electron chi connectivity index (χ2n) is 4.43. The van der Waals surface area contributed by atoms with Crippen LogP contribution in [0.5, 0.6) is 0 Å². The Morgan fingerprint density at radius 1 is 1.28 bits per heavy atom. The van der Waals surface area contributed by atoms with Crippen LogP contribution in [-0.2, 0) is 4.74 Å². The molecule has 18 heavy (non-hydrogen) atoms. The highest BCUT2D eigenvalue weighted by Crippen LogP contribution is 2.26. The molecule has 1 aliphatic rings. The Bertz CT molecular complexity index is 535. The molecule has 5 heteroatoms. The lowest BCUT2D eigenvalue weighted by molar-refractivity contribution is 0.0832. The normalized spacial score (nSPS) is 16.9. The number of hydrogen-bond donors (Lipinski definition) is 0. The summed E-state index contributed by atoms with van der Waals surface area (Å²) in [6.07, 6.45) is 3.52. The quantitative estimate of drug-likeness (QED) is 0.817. The van der Waals surface area contributed by atoms with Gasteiger partial charge in [-0.3, -0.25) is 4.57 Å². The Morgan fingerprint density at radius 3 is 2.89 bits per heavy atom. The van der Waals surface area contributed by atoms with Crippen LogP contribution in [0.25, 0.3) is 5.69 Å². The van der Waals surface area contributed by atoms with Crippen molar-refractivity contribution in [1.82, 2.24) is 14.8 Å². The summed E-state index contributed by atoms with van der Waals surface area (Å²) in [7, 11) is 0. The largest absolute Gasteiger partial charge is 0.381 e. The van der Waals surface area contributed by atoms with Crippen molar-refractivity contribution >= 4 is 0 Å². The number of halogens is 1. The topological polar surface area (TPSA) is 39.9 Å². The van der Waals surface area contributed by atoms with E-state index in [2.05, 4.69) is 10.2 Å². The molecule has 1 saturated heterocycles. The molecule has 4 nitrogen and oxygen atoms in total. The van der Waals surface area contributed by atoms with E-state index in [9.17, 15) is 4.39 Å². The molecular formula is C13H14FN3O. The summed E-state index contributed by atoms with van der Waals surface area (Å²) in [5.74, 6) is 0.979. The first-order valence-electron chi connectivity index (χ1n) is 6.08. The van der Waals surface area contributed by atoms with Crippen molar-refractivity contribution in [2.75, 3.05) is 13.2 Å². The summed E-state index contributed by atoms with van der Waals surface area (Å²) in [4.78, 5) is 0. The maximum absolute atomic E-state index is 13.3. The molecule has 2 heterocycles. The summed E-state index contributed by atoms with van der Waals surface area (Å²) in [5.41, 5.74) is 0.765. The number of aromatic nitrogens is 3. The summed E-state index contributed by atoms with van der Waals surface area (Å²) in [5, 5.41) is 8.13. The van der Waals surface area contributed by atoms with Crippen LogP contribution in [0.1, 0.15) is 24.6 Å². The van der Waals surface area contributed by atoms with E-state index in [0.717, 1.165) is 37.6 Å². The van der Waals surface area contributed by atoms with Crippen molar-refractivity contribution in [2.45, 2.75) is 18.8 Å². The highest BCUT2D eigenvalue weighted by atomic mass is 19.1. The van der Waals surface area contributed by atoms with Gasteiger partial charge in [-0.1, -0.05) is 6.07 Å². The lowest BCUT2D eigenvalue weighted by atomic mass is 9.99. The molecule has 0 amide bonds. The van der Waals surface area contributed by atoms with Gasteiger partial charge in [0, 0.05) is 19.1 Å². The van der Waals surface area contributed by atoms with Crippen molar-refractivity contribution in [3.63, 3.8) is 0 Å². The molecule has 0 atom stereocenters. The minimum atomic E-state index is -0.251. The molecule has 0 aliphatic carbocycles. The fourth-order valence-corrected chi connectivity index (χ4v) is 2.30. The van der Waals surface area contributed by atoms with E-state index >= 15 is 0 Å². The molecule has 1 aromatic carbocycles. The van der Waals surface area contributed by atoms with Crippen LogP contribution in [0.4, 0.5) is 4.39 Å². The molecule has 0 N–H and O–H groups in total. The predicted molar refractivity (Wildman–Crippen MR) is 64.1 cm³/mol. The van der Waals surface area contributed by atoms with E-state index in [-0.39, 0.29) is 5.82 Å². The summed E-state index contributed by atoms with van der Waals surface area (Å²) in [6.45, 7) is 1.50. The molecule has 0 saturated carbocycles. The average Bonchev–Trinajstić information content (AvgIpc) is 2.89. The molecule has 1 aromatic heterocycles. The smallest absolute Gasteiger partial charge is 0.140 e. The van der Waals surface area contributed by atoms with Crippen LogP contribution in [0.3, 0.4) is 0 Å². The minimum Gasteiger partial charge on any atom is -0.381 e. The minimum absolute atomic E-state index is 0.251. The monoisotopic (exact) mass is 247 g/mol. The molecular weight excluding hydrogens is 233 g/mol. The zero-order valence-corrected chi connectivity index (χ0v) is 9.92. The van der Waals surface area contributed by atoms with Gasteiger partial charge in [0.1, 0.15) is 18.0 Å². The SMILES string of the molecule is Fc1cccc(-n2cnnc2C2CCOCC2)c1. The maximum Gasteiger partial charge on any atom is 0.140 e. The van der Waals surface area contributed by atoms with Crippen LogP contribution < -0.4 is 0 Å². The Kier molecular flexibility index (Phi) is 3.06. The van der Waals surface area contributed by atoms with Gasteiger partial charge in [0.2, 0.25) is 0 Å². The summed E-state index contributed by atoms with van der Waals surface area (Å²) >= 11 is 0. The van der Waals surface area contributed by atoms with Crippen molar-refractivity contribution in [2.24, 2.45) is 0 Å². The third-order valence-corrected chi connectivity index (χ3v) is 3.25. The van der Waals surface area contributed by atoms with Crippen LogP contribution in [0.15, 0.2) is 30.6 Å². The molecule has 3 rings (SSSR count). The van der Waals surface area contributed by atoms with Crippen LogP contribution in [-0.4, -0.2) is 28.0 Å². The molecule has 0 radical (unpaired) electrons. The maximum atomic E-state index is 13.3. The predicted octanol–water partition coefficient (Wildman–Crippen LogP) is 2.30. The summed E-state index contributed by atoms with van der Waals surface area (Å²) in [6, 6.07) is 6.47. The summed E-state index contributed by atoms with van der Waals surface area (Å²) < 4.78 is 20.5. The standard InChI is InChI=1S/C13H14FN3O/c14-11-2-1-3-12(8-11)17-9-15-16-13(17)10-4-6-18-7-5-10/h1-3,8-10H,4-7H2. The van der Waals surface area contributed by atoms with E-state index in [1.165, 1.54) is 12.1 Å². The van der Waals surface area contributed by atoms with E-state index in [1.807, 2.05) is 10.6 Å². The Hall–Kier alpha value is -1.75. The van der Waals surface area contributed by atoms with E-state index in [0.29, 0.717) is 5.92 Å². The van der Waals surface area contributed by atoms with Gasteiger partial charge in [-0.15, -0.1) is 10.2 Å². The van der Waals surface area contributed by atoms with Crippen LogP contribution in [0, 0.1) is 5.82 Å². The molecule has 0 spiro atoms. The lowest BCUT2D eigenvalue weighted by Crippen LogP contribution is -2.17. The third kappa shape index (κ3) is 2.13. The van der Waals surface area contributed by atoms with Gasteiger partial charge in [-0.05, 0) is 31.0 Å². The van der Waals surface area contributed by atoms with Crippen molar-refractivity contribution in [1.29, 1.82) is 0 Å². The molecule has 1 aliphatic heterocycles. The van der Waals surface area contributed by atoms with Gasteiger partial charge < -0.3 is 4.74 Å². The Balaban J connectivity index is 1.95. The molecule has 94 valence electrons. The first kappa shape index (κ1) is 11.3. The number of hydrogen-bond acceptors (Lipinski definition) is 3. The first-order valence-corrected chi connectivity index (χ1v) is 6.08. The van der Waals surface area contributed by atoms with Crippen molar-refractivity contribution < 1.29 is 9.13 Å². The van der Waals surface area contributed by atoms with Gasteiger partial charge in [0.25, 0.3) is 0 Å². The van der Waals surface area contributed by atoms with Crippen molar-refractivity contribution in [3.8, 4) is 5.69 Å². The molecule has 2 aromatic rings. The van der Waals surface area contributed by atoms with Crippen LogP contribution in [0.2, 0.25) is 0 Å². The zero-order chi connectivity index (χ0) is 12.4. The van der Waals surface area contributed by atoms with Gasteiger partial charge in [0.05, 0.1) is 5.69 Å². The number of ether oxygens (including phenoxy) is 1. The highest BCUT2D eigenvalue weighted by molar-refractivity contribution is 5.33. The van der Waals surface area contributed by atoms with Gasteiger partial charge in [-0.25, -0.2) is 4.39 Å². The Labute approximate surface area is 104 Å². The second kappa shape index (κ2) is 4.86. The number of rotatable bonds is 2. The van der Waals surface area contributed by atoms with Crippen molar-refractivity contribution in [3.05, 3.63) is 42.2 Å². The van der Waals surface area contributed by atoms with E-state index in [1.54, 1.807) is 12.4 Å². The van der Waals surface area contributed by atoms with Gasteiger partial charge in [0.15, 0.2) is 0 Å². The zero-order valence-electron chi connectivity index (χ0n) is 9.92. The molecule has 1 fully saturated rings. The van der Waals surface area contributed by atoms with Gasteiger partial charge >= 0.3 is 0 Å². The fraction of sp³-hybridized carbons (Fsp3) is 0.385. The fourth-order valence-electron chi connectivity index (χ4n) is 2.30.